The van der Waals surface area contributed by atoms with Crippen LogP contribution in [0, 0.1) is 0 Å². The van der Waals surface area contributed by atoms with Crippen molar-refractivity contribution >= 4 is 66.5 Å². The third kappa shape index (κ3) is 4.85. The number of nitrogens with zero attached hydrogens (tertiary/aromatic N) is 4. The molecule has 0 atom stereocenters. The first-order valence-corrected chi connectivity index (χ1v) is 13.8. The van der Waals surface area contributed by atoms with Crippen LogP contribution in [0.15, 0.2) is 33.5 Å². The molecular weight excluding hydrogens is 560 g/mol. The van der Waals surface area contributed by atoms with Gasteiger partial charge in [0.25, 0.3) is 11.8 Å². The second-order valence-corrected chi connectivity index (χ2v) is 10.4. The van der Waals surface area contributed by atoms with E-state index >= 15 is 0 Å². The summed E-state index contributed by atoms with van der Waals surface area (Å²) in [4.78, 5) is 40.3. The van der Waals surface area contributed by atoms with Crippen molar-refractivity contribution in [2.24, 2.45) is 0 Å². The first-order chi connectivity index (χ1) is 16.5. The van der Waals surface area contributed by atoms with Gasteiger partial charge in [-0.15, -0.1) is 0 Å². The van der Waals surface area contributed by atoms with E-state index in [0.29, 0.717) is 56.2 Å². The second kappa shape index (κ2) is 11.1. The molecule has 0 radical (unpaired) electrons. The Hall–Kier alpha value is -2.06. The van der Waals surface area contributed by atoms with Gasteiger partial charge in [0.2, 0.25) is 0 Å². The molecule has 0 fully saturated rings. The number of carbonyl (C=O) groups is 2. The number of hydrogen-bond donors (Lipinski definition) is 0. The molecule has 2 amide bonds. The Morgan fingerprint density at radius 2 is 1.06 bits per heavy atom. The molecule has 2 aromatic rings. The van der Waals surface area contributed by atoms with Gasteiger partial charge in [-0.3, -0.25) is 19.4 Å². The molecule has 4 rings (SSSR count). The molecular formula is C26H30Br2N4O2. The highest BCUT2D eigenvalue weighted by atomic mass is 79.9. The predicted molar refractivity (Wildman–Crippen MR) is 144 cm³/mol. The maximum Gasteiger partial charge on any atom is 0.261 e. The number of anilines is 2. The lowest BCUT2D eigenvalue weighted by molar-refractivity contribution is -0.114. The van der Waals surface area contributed by atoms with Crippen molar-refractivity contribution in [3.05, 3.63) is 44.6 Å². The van der Waals surface area contributed by atoms with E-state index in [2.05, 4.69) is 55.7 Å². The van der Waals surface area contributed by atoms with Crippen LogP contribution in [-0.4, -0.2) is 34.9 Å². The van der Waals surface area contributed by atoms with Crippen LogP contribution in [0.5, 0.6) is 0 Å². The number of halogens is 2. The number of hydrogen-bond acceptors (Lipinski definition) is 4. The van der Waals surface area contributed by atoms with Gasteiger partial charge in [0.1, 0.15) is 20.8 Å². The number of aromatic nitrogens is 2. The molecule has 8 heteroatoms. The average Bonchev–Trinajstić information content (AvgIpc) is 3.23. The highest BCUT2D eigenvalue weighted by Gasteiger charge is 2.43. The fourth-order valence-corrected chi connectivity index (χ4v) is 5.24. The smallest absolute Gasteiger partial charge is 0.261 e. The minimum Gasteiger partial charge on any atom is -0.292 e. The molecule has 0 unspecified atom stereocenters. The van der Waals surface area contributed by atoms with Gasteiger partial charge in [-0.05, 0) is 69.0 Å². The predicted octanol–water partition coefficient (Wildman–Crippen LogP) is 6.77. The Bertz CT molecular complexity index is 1040. The summed E-state index contributed by atoms with van der Waals surface area (Å²) in [5.74, 6) is 0.947. The number of fused-ring (bicyclic) bond motifs is 2. The molecule has 0 saturated carbocycles. The average molecular weight is 590 g/mol. The molecule has 6 nitrogen and oxygen atoms in total. The molecule has 0 bridgehead atoms. The minimum absolute atomic E-state index is 0.151. The normalized spacial score (nSPS) is 17.1. The summed E-state index contributed by atoms with van der Waals surface area (Å²) in [5.41, 5.74) is 2.32. The molecule has 2 aliphatic rings. The van der Waals surface area contributed by atoms with Gasteiger partial charge in [-0.2, -0.15) is 0 Å². The largest absolute Gasteiger partial charge is 0.292 e. The van der Waals surface area contributed by atoms with E-state index < -0.39 is 0 Å². The van der Waals surface area contributed by atoms with Crippen LogP contribution >= 0.6 is 31.9 Å². The van der Waals surface area contributed by atoms with Crippen molar-refractivity contribution in [1.29, 1.82) is 0 Å². The zero-order valence-electron chi connectivity index (χ0n) is 19.7. The Morgan fingerprint density at radius 1 is 0.647 bits per heavy atom. The SMILES string of the molecule is CCCCCCN1C(=O)/C(=C2/C(=O)N(CCCCCC)c3nc(Br)ccc32)c2ccc(Br)nc21. The molecule has 34 heavy (non-hydrogen) atoms. The van der Waals surface area contributed by atoms with Gasteiger partial charge < -0.3 is 0 Å². The van der Waals surface area contributed by atoms with Crippen LogP contribution < -0.4 is 9.80 Å². The fraction of sp³-hybridized carbons (Fsp3) is 0.462. The number of amides is 2. The maximum absolute atomic E-state index is 13.8. The van der Waals surface area contributed by atoms with E-state index in [1.165, 1.54) is 0 Å². The van der Waals surface area contributed by atoms with E-state index in [1.807, 2.05) is 24.3 Å². The molecule has 2 aliphatic heterocycles. The Balaban J connectivity index is 1.77. The van der Waals surface area contributed by atoms with E-state index in [9.17, 15) is 9.59 Å². The van der Waals surface area contributed by atoms with Crippen LogP contribution in [-0.2, 0) is 9.59 Å². The van der Waals surface area contributed by atoms with E-state index in [1.54, 1.807) is 9.80 Å². The molecule has 2 aromatic heterocycles. The van der Waals surface area contributed by atoms with Crippen LogP contribution in [0.25, 0.3) is 11.1 Å². The summed E-state index contributed by atoms with van der Waals surface area (Å²) in [6.07, 6.45) is 8.44. The third-order valence-corrected chi connectivity index (χ3v) is 7.25. The first kappa shape index (κ1) is 25.0. The molecule has 4 heterocycles. The zero-order chi connectivity index (χ0) is 24.2. The van der Waals surface area contributed by atoms with E-state index in [4.69, 9.17) is 0 Å². The van der Waals surface area contributed by atoms with Crippen LogP contribution in [0.3, 0.4) is 0 Å². The lowest BCUT2D eigenvalue weighted by atomic mass is 9.98. The van der Waals surface area contributed by atoms with Crippen molar-refractivity contribution in [2.75, 3.05) is 22.9 Å². The van der Waals surface area contributed by atoms with Crippen molar-refractivity contribution in [1.82, 2.24) is 9.97 Å². The first-order valence-electron chi connectivity index (χ1n) is 12.2. The number of unbranched alkanes of at least 4 members (excludes halogenated alkanes) is 6. The molecule has 0 aliphatic carbocycles. The van der Waals surface area contributed by atoms with Crippen molar-refractivity contribution in [3.63, 3.8) is 0 Å². The maximum atomic E-state index is 13.8. The summed E-state index contributed by atoms with van der Waals surface area (Å²) in [5, 5.41) is 0. The Labute approximate surface area is 218 Å². The second-order valence-electron chi connectivity index (χ2n) is 8.80. The third-order valence-electron chi connectivity index (χ3n) is 6.37. The van der Waals surface area contributed by atoms with Crippen LogP contribution in [0.2, 0.25) is 0 Å². The van der Waals surface area contributed by atoms with Crippen molar-refractivity contribution in [2.45, 2.75) is 65.2 Å². The molecule has 0 N–H and O–H groups in total. The van der Waals surface area contributed by atoms with Gasteiger partial charge in [0, 0.05) is 24.2 Å². The number of carbonyl (C=O) groups excluding carboxylic acids is 2. The number of rotatable bonds is 10. The lowest BCUT2D eigenvalue weighted by Crippen LogP contribution is -2.30. The minimum atomic E-state index is -0.151. The molecule has 0 aromatic carbocycles. The topological polar surface area (TPSA) is 66.4 Å². The van der Waals surface area contributed by atoms with E-state index in [0.717, 1.165) is 51.4 Å². The molecule has 0 spiro atoms. The highest BCUT2D eigenvalue weighted by molar-refractivity contribution is 9.10. The molecule has 180 valence electrons. The van der Waals surface area contributed by atoms with Gasteiger partial charge >= 0.3 is 0 Å². The highest BCUT2D eigenvalue weighted by Crippen LogP contribution is 2.46. The monoisotopic (exact) mass is 588 g/mol. The fourth-order valence-electron chi connectivity index (χ4n) is 4.64. The van der Waals surface area contributed by atoms with Gasteiger partial charge in [0.05, 0.1) is 11.1 Å². The quantitative estimate of drug-likeness (QED) is 0.174. The zero-order valence-corrected chi connectivity index (χ0v) is 22.9. The van der Waals surface area contributed by atoms with Gasteiger partial charge in [0.15, 0.2) is 0 Å². The number of pyridine rings is 2. The van der Waals surface area contributed by atoms with Crippen LogP contribution in [0.1, 0.15) is 76.3 Å². The lowest BCUT2D eigenvalue weighted by Gasteiger charge is -2.16. The van der Waals surface area contributed by atoms with E-state index in [-0.39, 0.29) is 11.8 Å². The standard InChI is InChI=1S/C26H30Br2N4O2/c1-3-5-7-9-15-31-23-17(11-13-19(27)29-23)21(25(31)33)22-18-12-14-20(28)30-24(18)32(26(22)34)16-10-8-6-4-2/h11-14H,3-10,15-16H2,1-2H3/b22-21+. The van der Waals surface area contributed by atoms with Crippen molar-refractivity contribution < 1.29 is 9.59 Å². The summed E-state index contributed by atoms with van der Waals surface area (Å²) in [7, 11) is 0. The summed E-state index contributed by atoms with van der Waals surface area (Å²) in [6, 6.07) is 7.44. The van der Waals surface area contributed by atoms with Crippen LogP contribution in [0.4, 0.5) is 11.6 Å². The van der Waals surface area contributed by atoms with Gasteiger partial charge in [-0.1, -0.05) is 52.4 Å². The van der Waals surface area contributed by atoms with Gasteiger partial charge in [-0.25, -0.2) is 9.97 Å². The Kier molecular flexibility index (Phi) is 8.19. The summed E-state index contributed by atoms with van der Waals surface area (Å²) in [6.45, 7) is 5.51. The Morgan fingerprint density at radius 3 is 1.44 bits per heavy atom. The summed E-state index contributed by atoms with van der Waals surface area (Å²) >= 11 is 6.90. The van der Waals surface area contributed by atoms with Crippen molar-refractivity contribution in [3.8, 4) is 0 Å². The summed E-state index contributed by atoms with van der Waals surface area (Å²) < 4.78 is 1.34. The molecule has 0 saturated heterocycles.